The molecule has 0 amide bonds. The van der Waals surface area contributed by atoms with Crippen LogP contribution < -0.4 is 0 Å². The van der Waals surface area contributed by atoms with Gasteiger partial charge in [-0.15, -0.1) is 6.58 Å². The van der Waals surface area contributed by atoms with E-state index in [1.54, 1.807) is 0 Å². The van der Waals surface area contributed by atoms with Crippen LogP contribution in [0.2, 0.25) is 0 Å². The number of carbonyl (C=O) groups is 1. The normalized spacial score (nSPS) is 12.2. The molecule has 0 aliphatic rings. The van der Waals surface area contributed by atoms with Gasteiger partial charge in [-0.1, -0.05) is 54.7 Å². The molecule has 2 heteroatoms. The smallest absolute Gasteiger partial charge is 0.303 e. The highest BCUT2D eigenvalue weighted by Crippen LogP contribution is 1.99. The van der Waals surface area contributed by atoms with E-state index in [0.29, 0.717) is 0 Å². The van der Waals surface area contributed by atoms with Crippen molar-refractivity contribution in [2.75, 3.05) is 0 Å². The van der Waals surface area contributed by atoms with Crippen LogP contribution in [-0.2, 0) is 4.79 Å². The molecule has 0 fully saturated rings. The second kappa shape index (κ2) is 15.2. The number of unbranched alkanes of at least 4 members (excludes halogenated alkanes) is 1. The van der Waals surface area contributed by atoms with Gasteiger partial charge >= 0.3 is 5.97 Å². The Morgan fingerprint density at radius 2 is 1.25 bits per heavy atom. The molecule has 0 aromatic heterocycles. The second-order valence-corrected chi connectivity index (χ2v) is 4.40. The minimum absolute atomic E-state index is 0.256. The highest BCUT2D eigenvalue weighted by molar-refractivity contribution is 5.66. The fourth-order valence-electron chi connectivity index (χ4n) is 1.49. The first-order chi connectivity index (χ1) is 9.77. The zero-order valence-electron chi connectivity index (χ0n) is 12.2. The first kappa shape index (κ1) is 18.2. The van der Waals surface area contributed by atoms with Gasteiger partial charge in [0.15, 0.2) is 0 Å². The summed E-state index contributed by atoms with van der Waals surface area (Å²) in [5.41, 5.74) is 0. The number of hydrogen-bond acceptors (Lipinski definition) is 1. The van der Waals surface area contributed by atoms with Crippen LogP contribution in [0.4, 0.5) is 0 Å². The van der Waals surface area contributed by atoms with Crippen molar-refractivity contribution in [3.8, 4) is 0 Å². The second-order valence-electron chi connectivity index (χ2n) is 4.40. The van der Waals surface area contributed by atoms with Crippen LogP contribution in [0.25, 0.3) is 0 Å². The van der Waals surface area contributed by atoms with E-state index in [1.807, 2.05) is 12.2 Å². The predicted octanol–water partition coefficient (Wildman–Crippen LogP) is 5.21. The molecule has 0 aliphatic heterocycles. The summed E-state index contributed by atoms with van der Waals surface area (Å²) in [7, 11) is 0. The van der Waals surface area contributed by atoms with E-state index >= 15 is 0 Å². The maximum absolute atomic E-state index is 10.3. The van der Waals surface area contributed by atoms with Gasteiger partial charge in [-0.05, 0) is 38.5 Å². The molecule has 0 heterocycles. The Morgan fingerprint density at radius 3 is 1.70 bits per heavy atom. The topological polar surface area (TPSA) is 37.3 Å². The molecule has 110 valence electrons. The lowest BCUT2D eigenvalue weighted by Crippen LogP contribution is -1.92. The third kappa shape index (κ3) is 16.2. The Hall–Kier alpha value is -1.83. The number of carboxylic acids is 1. The van der Waals surface area contributed by atoms with E-state index in [1.165, 1.54) is 0 Å². The van der Waals surface area contributed by atoms with Crippen LogP contribution in [0.5, 0.6) is 0 Å². The van der Waals surface area contributed by atoms with Crippen molar-refractivity contribution in [1.82, 2.24) is 0 Å². The molecule has 0 aromatic rings. The van der Waals surface area contributed by atoms with Crippen molar-refractivity contribution in [3.63, 3.8) is 0 Å². The molecule has 0 radical (unpaired) electrons. The van der Waals surface area contributed by atoms with Gasteiger partial charge in [0.2, 0.25) is 0 Å². The molecule has 0 saturated carbocycles. The number of rotatable bonds is 12. The number of hydrogen-bond donors (Lipinski definition) is 1. The van der Waals surface area contributed by atoms with Crippen LogP contribution >= 0.6 is 0 Å². The third-order valence-corrected chi connectivity index (χ3v) is 2.55. The van der Waals surface area contributed by atoms with Gasteiger partial charge in [0.05, 0.1) is 0 Å². The lowest BCUT2D eigenvalue weighted by atomic mass is 10.2. The number of allylic oxidation sites excluding steroid dienone is 9. The molecule has 1 N–H and O–H groups in total. The molecule has 2 nitrogen and oxygen atoms in total. The summed E-state index contributed by atoms with van der Waals surface area (Å²) in [6.45, 7) is 3.66. The van der Waals surface area contributed by atoms with Gasteiger partial charge < -0.3 is 5.11 Å². The van der Waals surface area contributed by atoms with Gasteiger partial charge in [-0.3, -0.25) is 4.79 Å². The van der Waals surface area contributed by atoms with Crippen LogP contribution in [0, 0.1) is 0 Å². The molecule has 0 unspecified atom stereocenters. The van der Waals surface area contributed by atoms with Crippen molar-refractivity contribution >= 4 is 5.97 Å². The Balaban J connectivity index is 3.43. The Kier molecular flexibility index (Phi) is 13.8. The van der Waals surface area contributed by atoms with Crippen LogP contribution in [0.3, 0.4) is 0 Å². The molecule has 0 saturated heterocycles. The van der Waals surface area contributed by atoms with E-state index in [2.05, 4.69) is 49.1 Å². The maximum Gasteiger partial charge on any atom is 0.303 e. The summed E-state index contributed by atoms with van der Waals surface area (Å²) in [6, 6.07) is 0. The summed E-state index contributed by atoms with van der Waals surface area (Å²) in [6.07, 6.45) is 24.5. The lowest BCUT2D eigenvalue weighted by Gasteiger charge is -1.89. The van der Waals surface area contributed by atoms with Gasteiger partial charge in [0.1, 0.15) is 0 Å². The predicted molar refractivity (Wildman–Crippen MR) is 86.7 cm³/mol. The molecular weight excluding hydrogens is 248 g/mol. The molecule has 20 heavy (non-hydrogen) atoms. The van der Waals surface area contributed by atoms with Crippen molar-refractivity contribution in [2.24, 2.45) is 0 Å². The van der Waals surface area contributed by atoms with E-state index in [0.717, 1.165) is 38.5 Å². The molecule has 0 rings (SSSR count). The molecule has 0 atom stereocenters. The Labute approximate surface area is 122 Å². The van der Waals surface area contributed by atoms with E-state index in [9.17, 15) is 4.79 Å². The standard InChI is InChI=1S/C18H26O2/c1-2-3-4-5-6-7-8-9-10-11-12-13-14-15-16-17-18(19)20/h2,4-5,7-8,10-11,13-14H,1,3,6,9,12,15-17H2,(H,19,20)/b5-4-,8-7-,11-10-,14-13-. The largest absolute Gasteiger partial charge is 0.481 e. The van der Waals surface area contributed by atoms with Crippen molar-refractivity contribution < 1.29 is 9.90 Å². The SMILES string of the molecule is C=CC/C=C\C/C=C\C/C=C\C/C=C\CCCC(=O)O. The molecular formula is C18H26O2. The van der Waals surface area contributed by atoms with Gasteiger partial charge in [-0.25, -0.2) is 0 Å². The summed E-state index contributed by atoms with van der Waals surface area (Å²) < 4.78 is 0. The average molecular weight is 274 g/mol. The summed E-state index contributed by atoms with van der Waals surface area (Å²) in [5.74, 6) is -0.718. The molecule has 0 aromatic carbocycles. The quantitative estimate of drug-likeness (QED) is 0.391. The first-order valence-electron chi connectivity index (χ1n) is 7.20. The van der Waals surface area contributed by atoms with Crippen LogP contribution in [-0.4, -0.2) is 11.1 Å². The Bertz CT molecular complexity index is 360. The molecule has 0 aliphatic carbocycles. The summed E-state index contributed by atoms with van der Waals surface area (Å²) in [5, 5.41) is 8.47. The lowest BCUT2D eigenvalue weighted by molar-refractivity contribution is -0.137. The van der Waals surface area contributed by atoms with E-state index < -0.39 is 5.97 Å². The van der Waals surface area contributed by atoms with Crippen molar-refractivity contribution in [1.29, 1.82) is 0 Å². The fourth-order valence-corrected chi connectivity index (χ4v) is 1.49. The van der Waals surface area contributed by atoms with Crippen LogP contribution in [0.1, 0.15) is 44.9 Å². The van der Waals surface area contributed by atoms with Crippen molar-refractivity contribution in [2.45, 2.75) is 44.9 Å². The minimum atomic E-state index is -0.718. The minimum Gasteiger partial charge on any atom is -0.481 e. The number of carboxylic acid groups (broad SMARTS) is 1. The monoisotopic (exact) mass is 274 g/mol. The van der Waals surface area contributed by atoms with Gasteiger partial charge in [0.25, 0.3) is 0 Å². The third-order valence-electron chi connectivity index (χ3n) is 2.55. The fraction of sp³-hybridized carbons (Fsp3) is 0.389. The summed E-state index contributed by atoms with van der Waals surface area (Å²) >= 11 is 0. The van der Waals surface area contributed by atoms with Gasteiger partial charge in [-0.2, -0.15) is 0 Å². The van der Waals surface area contributed by atoms with E-state index in [-0.39, 0.29) is 6.42 Å². The van der Waals surface area contributed by atoms with Gasteiger partial charge in [0, 0.05) is 6.42 Å². The molecule has 0 spiro atoms. The van der Waals surface area contributed by atoms with E-state index in [4.69, 9.17) is 5.11 Å². The zero-order chi connectivity index (χ0) is 14.9. The highest BCUT2D eigenvalue weighted by Gasteiger charge is 1.92. The highest BCUT2D eigenvalue weighted by atomic mass is 16.4. The van der Waals surface area contributed by atoms with Crippen LogP contribution in [0.15, 0.2) is 61.3 Å². The average Bonchev–Trinajstić information content (AvgIpc) is 2.43. The Morgan fingerprint density at radius 1 is 0.800 bits per heavy atom. The van der Waals surface area contributed by atoms with Crippen molar-refractivity contribution in [3.05, 3.63) is 61.3 Å². The summed E-state index contributed by atoms with van der Waals surface area (Å²) in [4.78, 5) is 10.3. The first-order valence-corrected chi connectivity index (χ1v) is 7.20. The maximum atomic E-state index is 10.3. The number of aliphatic carboxylic acids is 1. The zero-order valence-corrected chi connectivity index (χ0v) is 12.2. The molecule has 0 bridgehead atoms.